The fraction of sp³-hybridized carbons (Fsp3) is 0.333. The number of hydrogen-bond acceptors (Lipinski definition) is 4. The third-order valence-corrected chi connectivity index (χ3v) is 3.30. The Morgan fingerprint density at radius 2 is 1.87 bits per heavy atom. The second-order valence-electron chi connectivity index (χ2n) is 5.41. The van der Waals surface area contributed by atoms with Gasteiger partial charge in [0.1, 0.15) is 5.49 Å². The standard InChI is InChI=1S/C18H22N2O3/c1-13(2)19-17-7-5-6-10-20(17)18(21)12-14-8-9-15(22-3)16(11-14)23-4/h5-11,13H,12H2,1-4H3. The van der Waals surface area contributed by atoms with Crippen LogP contribution in [0.1, 0.15) is 24.2 Å². The van der Waals surface area contributed by atoms with Crippen LogP contribution in [0.25, 0.3) is 0 Å². The summed E-state index contributed by atoms with van der Waals surface area (Å²) >= 11 is 0. The molecule has 0 fully saturated rings. The molecule has 2 aromatic rings. The first-order chi connectivity index (χ1) is 11.0. The van der Waals surface area contributed by atoms with Gasteiger partial charge in [-0.3, -0.25) is 14.4 Å². The maximum Gasteiger partial charge on any atom is 0.236 e. The summed E-state index contributed by atoms with van der Waals surface area (Å²) in [6, 6.07) is 11.1. The summed E-state index contributed by atoms with van der Waals surface area (Å²) < 4.78 is 12.1. The summed E-state index contributed by atoms with van der Waals surface area (Å²) in [7, 11) is 3.16. The molecular formula is C18H22N2O3. The summed E-state index contributed by atoms with van der Waals surface area (Å²) in [5, 5.41) is 0. The van der Waals surface area contributed by atoms with Gasteiger partial charge in [-0.25, -0.2) is 0 Å². The maximum atomic E-state index is 12.6. The fourth-order valence-electron chi connectivity index (χ4n) is 2.27. The topological polar surface area (TPSA) is 52.8 Å². The van der Waals surface area contributed by atoms with Gasteiger partial charge in [-0.05, 0) is 43.7 Å². The molecule has 1 aromatic heterocycles. The highest BCUT2D eigenvalue weighted by Gasteiger charge is 2.10. The van der Waals surface area contributed by atoms with Crippen molar-refractivity contribution < 1.29 is 14.3 Å². The van der Waals surface area contributed by atoms with E-state index in [0.29, 0.717) is 17.0 Å². The van der Waals surface area contributed by atoms with Gasteiger partial charge < -0.3 is 9.47 Å². The van der Waals surface area contributed by atoms with Crippen molar-refractivity contribution in [2.75, 3.05) is 14.2 Å². The van der Waals surface area contributed by atoms with Crippen molar-refractivity contribution >= 4 is 5.91 Å². The lowest BCUT2D eigenvalue weighted by molar-refractivity contribution is 0.0908. The molecule has 0 aliphatic heterocycles. The molecule has 0 bridgehead atoms. The lowest BCUT2D eigenvalue weighted by Crippen LogP contribution is -2.28. The second kappa shape index (κ2) is 7.63. The number of nitrogens with zero attached hydrogens (tertiary/aromatic N) is 2. The Hall–Kier alpha value is -2.56. The molecule has 2 rings (SSSR count). The second-order valence-corrected chi connectivity index (χ2v) is 5.41. The van der Waals surface area contributed by atoms with Gasteiger partial charge in [0.25, 0.3) is 0 Å². The molecule has 0 aliphatic carbocycles. The maximum absolute atomic E-state index is 12.6. The first-order valence-electron chi connectivity index (χ1n) is 7.50. The quantitative estimate of drug-likeness (QED) is 0.852. The average molecular weight is 314 g/mol. The highest BCUT2D eigenvalue weighted by Crippen LogP contribution is 2.27. The lowest BCUT2D eigenvalue weighted by Gasteiger charge is -2.10. The number of methoxy groups -OCH3 is 2. The molecule has 0 saturated heterocycles. The van der Waals surface area contributed by atoms with E-state index < -0.39 is 0 Å². The Morgan fingerprint density at radius 1 is 1.13 bits per heavy atom. The van der Waals surface area contributed by atoms with Crippen molar-refractivity contribution in [2.24, 2.45) is 4.99 Å². The first-order valence-corrected chi connectivity index (χ1v) is 7.50. The molecule has 0 aliphatic rings. The number of hydrogen-bond donors (Lipinski definition) is 0. The summed E-state index contributed by atoms with van der Waals surface area (Å²) in [5.74, 6) is 1.21. The van der Waals surface area contributed by atoms with E-state index in [1.807, 2.05) is 44.2 Å². The van der Waals surface area contributed by atoms with E-state index in [0.717, 1.165) is 5.56 Å². The van der Waals surface area contributed by atoms with Crippen LogP contribution >= 0.6 is 0 Å². The summed E-state index contributed by atoms with van der Waals surface area (Å²) in [4.78, 5) is 17.1. The number of carbonyl (C=O) groups is 1. The monoisotopic (exact) mass is 314 g/mol. The number of ether oxygens (including phenoxy) is 2. The van der Waals surface area contributed by atoms with Crippen molar-refractivity contribution in [3.8, 4) is 11.5 Å². The zero-order valence-corrected chi connectivity index (χ0v) is 13.9. The van der Waals surface area contributed by atoms with Crippen LogP contribution in [-0.4, -0.2) is 30.7 Å². The molecule has 122 valence electrons. The average Bonchev–Trinajstić information content (AvgIpc) is 2.54. The van der Waals surface area contributed by atoms with Crippen LogP contribution in [0, 0.1) is 0 Å². The molecule has 1 heterocycles. The SMILES string of the molecule is COc1ccc(CC(=O)n2ccccc2=NC(C)C)cc1OC. The van der Waals surface area contributed by atoms with E-state index in [-0.39, 0.29) is 18.4 Å². The van der Waals surface area contributed by atoms with Crippen molar-refractivity contribution in [3.63, 3.8) is 0 Å². The van der Waals surface area contributed by atoms with Crippen LogP contribution in [0.4, 0.5) is 0 Å². The van der Waals surface area contributed by atoms with Gasteiger partial charge in [-0.1, -0.05) is 12.1 Å². The molecule has 23 heavy (non-hydrogen) atoms. The highest BCUT2D eigenvalue weighted by atomic mass is 16.5. The molecule has 0 radical (unpaired) electrons. The smallest absolute Gasteiger partial charge is 0.236 e. The molecular weight excluding hydrogens is 292 g/mol. The van der Waals surface area contributed by atoms with Crippen LogP contribution in [-0.2, 0) is 6.42 Å². The van der Waals surface area contributed by atoms with Crippen LogP contribution < -0.4 is 15.0 Å². The predicted molar refractivity (Wildman–Crippen MR) is 89.0 cm³/mol. The molecule has 0 unspecified atom stereocenters. The minimum Gasteiger partial charge on any atom is -0.493 e. The van der Waals surface area contributed by atoms with Crippen molar-refractivity contribution in [1.82, 2.24) is 4.57 Å². The minimum atomic E-state index is -0.0442. The molecule has 0 saturated carbocycles. The third kappa shape index (κ3) is 4.22. The minimum absolute atomic E-state index is 0.0442. The van der Waals surface area contributed by atoms with Gasteiger partial charge in [-0.15, -0.1) is 0 Å². The molecule has 0 atom stereocenters. The van der Waals surface area contributed by atoms with E-state index in [2.05, 4.69) is 4.99 Å². The van der Waals surface area contributed by atoms with Crippen molar-refractivity contribution in [1.29, 1.82) is 0 Å². The van der Waals surface area contributed by atoms with Crippen LogP contribution in [0.15, 0.2) is 47.6 Å². The Kier molecular flexibility index (Phi) is 5.57. The van der Waals surface area contributed by atoms with E-state index in [4.69, 9.17) is 9.47 Å². The number of rotatable bonds is 5. The van der Waals surface area contributed by atoms with Crippen LogP contribution in [0.2, 0.25) is 0 Å². The largest absolute Gasteiger partial charge is 0.493 e. The Bertz CT molecular complexity index is 748. The van der Waals surface area contributed by atoms with Gasteiger partial charge in [-0.2, -0.15) is 0 Å². The normalized spacial score (nSPS) is 11.6. The van der Waals surface area contributed by atoms with Gasteiger partial charge >= 0.3 is 0 Å². The number of pyridine rings is 1. The zero-order chi connectivity index (χ0) is 16.8. The molecule has 0 N–H and O–H groups in total. The molecule has 1 aromatic carbocycles. The van der Waals surface area contributed by atoms with Gasteiger partial charge in [0.05, 0.1) is 20.6 Å². The van der Waals surface area contributed by atoms with Crippen LogP contribution in [0.3, 0.4) is 0 Å². The third-order valence-electron chi connectivity index (χ3n) is 3.30. The number of benzene rings is 1. The van der Waals surface area contributed by atoms with E-state index in [9.17, 15) is 4.79 Å². The Labute approximate surface area is 136 Å². The first kappa shape index (κ1) is 16.8. The molecule has 0 amide bonds. The molecule has 0 spiro atoms. The van der Waals surface area contributed by atoms with Gasteiger partial charge in [0.15, 0.2) is 11.5 Å². The predicted octanol–water partition coefficient (Wildman–Crippen LogP) is 2.70. The van der Waals surface area contributed by atoms with E-state index in [1.54, 1.807) is 31.0 Å². The van der Waals surface area contributed by atoms with Crippen molar-refractivity contribution in [3.05, 3.63) is 53.6 Å². The van der Waals surface area contributed by atoms with Gasteiger partial charge in [0.2, 0.25) is 5.91 Å². The zero-order valence-electron chi connectivity index (χ0n) is 13.9. The number of carbonyl (C=O) groups excluding carboxylic acids is 1. The van der Waals surface area contributed by atoms with Crippen LogP contribution in [0.5, 0.6) is 11.5 Å². The highest BCUT2D eigenvalue weighted by molar-refractivity contribution is 5.81. The molecule has 5 nitrogen and oxygen atoms in total. The van der Waals surface area contributed by atoms with Gasteiger partial charge in [0, 0.05) is 12.2 Å². The van der Waals surface area contributed by atoms with Crippen molar-refractivity contribution in [2.45, 2.75) is 26.3 Å². The molecule has 5 heteroatoms. The summed E-state index contributed by atoms with van der Waals surface area (Å²) in [6.45, 7) is 3.96. The van der Waals surface area contributed by atoms with E-state index >= 15 is 0 Å². The lowest BCUT2D eigenvalue weighted by atomic mass is 10.1. The fourth-order valence-corrected chi connectivity index (χ4v) is 2.27. The Balaban J connectivity index is 2.30. The summed E-state index contributed by atoms with van der Waals surface area (Å²) in [5.41, 5.74) is 1.52. The number of aromatic nitrogens is 1. The summed E-state index contributed by atoms with van der Waals surface area (Å²) in [6.07, 6.45) is 2.00. The van der Waals surface area contributed by atoms with E-state index in [1.165, 1.54) is 0 Å². The Morgan fingerprint density at radius 3 is 2.52 bits per heavy atom.